The summed E-state index contributed by atoms with van der Waals surface area (Å²) in [5.74, 6) is 0. The molecule has 8 heteroatoms. The van der Waals surface area contributed by atoms with Crippen LogP contribution in [0.4, 0.5) is 0 Å². The van der Waals surface area contributed by atoms with Crippen molar-refractivity contribution >= 4 is 120 Å². The molecule has 20 aromatic rings. The number of para-hydroxylation sites is 7. The minimum Gasteiger partial charge on any atom is -0.309 e. The van der Waals surface area contributed by atoms with Crippen LogP contribution in [0.3, 0.4) is 0 Å². The molecule has 0 aliphatic carbocycles. The molecule has 0 radical (unpaired) electrons. The third kappa shape index (κ3) is 8.00. The van der Waals surface area contributed by atoms with Gasteiger partial charge in [-0.25, -0.2) is 15.0 Å². The molecule has 8 nitrogen and oxygen atoms in total. The fourth-order valence-corrected chi connectivity index (χ4v) is 15.0. The van der Waals surface area contributed by atoms with Crippen molar-refractivity contribution in [3.63, 3.8) is 0 Å². The van der Waals surface area contributed by atoms with Crippen molar-refractivity contribution in [2.24, 2.45) is 0 Å². The summed E-state index contributed by atoms with van der Waals surface area (Å²) in [6.45, 7) is 0. The van der Waals surface area contributed by atoms with Crippen LogP contribution in [0.1, 0.15) is 0 Å². The van der Waals surface area contributed by atoms with E-state index in [4.69, 9.17) is 19.9 Å². The van der Waals surface area contributed by atoms with Crippen LogP contribution in [-0.2, 0) is 0 Å². The monoisotopic (exact) mass is 1200 g/mol. The number of rotatable bonds is 8. The van der Waals surface area contributed by atoms with E-state index in [1.807, 2.05) is 30.5 Å². The van der Waals surface area contributed by atoms with Gasteiger partial charge in [-0.2, -0.15) is 0 Å². The minimum atomic E-state index is 0.830. The summed E-state index contributed by atoms with van der Waals surface area (Å²) in [6, 6.07) is 112. The van der Waals surface area contributed by atoms with Gasteiger partial charge in [0, 0.05) is 82.5 Å². The van der Waals surface area contributed by atoms with Gasteiger partial charge in [-0.05, 0) is 149 Å². The third-order valence-corrected chi connectivity index (χ3v) is 19.4. The fraction of sp³-hybridized carbons (Fsp3) is 0. The highest BCUT2D eigenvalue weighted by Gasteiger charge is 2.23. The standard InChI is InChI=1S/C86H52N8/c1-2-18-60(19-3-1)91-77-26-12-6-20-64(77)68-49-84-69(48-81(68)91)65-21-9-15-29-80(65)94(84)63-43-36-56(37-44-63)85-86(59-31-30-53-16-4-5-17-57(53)46-59)90-75-47-58(38-45-74(75)89-85)54-32-39-61(40-33-54)92-78-27-13-7-22-66(78)70-51-83-71(50-82(70)92)67-23-8-14-28-79(67)93(83)62-41-34-55(35-42-62)76-52-87-72-24-10-11-25-73(72)88-76/h1-52H. The van der Waals surface area contributed by atoms with Crippen molar-refractivity contribution in [1.82, 2.24) is 38.2 Å². The fourth-order valence-electron chi connectivity index (χ4n) is 15.0. The van der Waals surface area contributed by atoms with Crippen LogP contribution in [0.5, 0.6) is 0 Å². The maximum absolute atomic E-state index is 5.59. The predicted molar refractivity (Wildman–Crippen MR) is 389 cm³/mol. The second-order valence-electron chi connectivity index (χ2n) is 24.6. The van der Waals surface area contributed by atoms with Crippen LogP contribution in [0.15, 0.2) is 316 Å². The Kier molecular flexibility index (Phi) is 11.3. The van der Waals surface area contributed by atoms with Gasteiger partial charge >= 0.3 is 0 Å². The molecule has 94 heavy (non-hydrogen) atoms. The van der Waals surface area contributed by atoms with Gasteiger partial charge in [0.25, 0.3) is 0 Å². The lowest BCUT2D eigenvalue weighted by Crippen LogP contribution is -1.98. The Morgan fingerprint density at radius 3 is 1.12 bits per heavy atom. The molecule has 0 saturated heterocycles. The van der Waals surface area contributed by atoms with Crippen LogP contribution in [0.25, 0.3) is 188 Å². The zero-order chi connectivity index (χ0) is 61.5. The zero-order valence-corrected chi connectivity index (χ0v) is 50.6. The molecule has 6 aromatic heterocycles. The summed E-state index contributed by atoms with van der Waals surface area (Å²) >= 11 is 0. The van der Waals surface area contributed by atoms with Crippen molar-refractivity contribution in [1.29, 1.82) is 0 Å². The molecule has 0 fully saturated rings. The molecule has 14 aromatic carbocycles. The maximum Gasteiger partial charge on any atom is 0.0973 e. The largest absolute Gasteiger partial charge is 0.309 e. The van der Waals surface area contributed by atoms with Gasteiger partial charge in [0.1, 0.15) is 0 Å². The first kappa shape index (κ1) is 52.0. The highest BCUT2D eigenvalue weighted by molar-refractivity contribution is 6.21. The number of fused-ring (bicyclic) bond motifs is 15. The maximum atomic E-state index is 5.59. The molecule has 0 saturated carbocycles. The van der Waals surface area contributed by atoms with Crippen LogP contribution in [-0.4, -0.2) is 38.2 Å². The summed E-state index contributed by atoms with van der Waals surface area (Å²) in [7, 11) is 0. The van der Waals surface area contributed by atoms with E-state index in [2.05, 4.69) is 303 Å². The van der Waals surface area contributed by atoms with E-state index in [1.54, 1.807) is 0 Å². The van der Waals surface area contributed by atoms with Gasteiger partial charge in [-0.1, -0.05) is 182 Å². The lowest BCUT2D eigenvalue weighted by Gasteiger charge is -2.14. The number of aromatic nitrogens is 8. The minimum absolute atomic E-state index is 0.830. The van der Waals surface area contributed by atoms with E-state index in [9.17, 15) is 0 Å². The third-order valence-electron chi connectivity index (χ3n) is 19.4. The van der Waals surface area contributed by atoms with Crippen LogP contribution in [0.2, 0.25) is 0 Å². The van der Waals surface area contributed by atoms with E-state index in [1.165, 1.54) is 59.5 Å². The van der Waals surface area contributed by atoms with E-state index >= 15 is 0 Å². The summed E-state index contributed by atoms with van der Waals surface area (Å²) in [5, 5.41) is 12.0. The van der Waals surface area contributed by atoms with Crippen molar-refractivity contribution in [3.05, 3.63) is 316 Å². The summed E-state index contributed by atoms with van der Waals surface area (Å²) in [4.78, 5) is 20.8. The van der Waals surface area contributed by atoms with Crippen molar-refractivity contribution in [3.8, 4) is 67.6 Å². The Bertz CT molecular complexity index is 6510. The Balaban J connectivity index is 0.672. The molecular weight excluding hydrogens is 1150 g/mol. The van der Waals surface area contributed by atoms with Crippen LogP contribution < -0.4 is 0 Å². The molecular formula is C86H52N8. The first-order chi connectivity index (χ1) is 46.6. The van der Waals surface area contributed by atoms with Gasteiger partial charge in [0.05, 0.1) is 89.5 Å². The van der Waals surface area contributed by atoms with Crippen LogP contribution in [0, 0.1) is 0 Å². The normalized spacial score (nSPS) is 12.0. The molecule has 0 spiro atoms. The van der Waals surface area contributed by atoms with E-state index in [-0.39, 0.29) is 0 Å². The number of benzene rings is 14. The van der Waals surface area contributed by atoms with Gasteiger partial charge in [-0.3, -0.25) is 4.98 Å². The molecule has 0 unspecified atom stereocenters. The van der Waals surface area contributed by atoms with Crippen molar-refractivity contribution < 1.29 is 0 Å². The molecule has 0 aliphatic heterocycles. The van der Waals surface area contributed by atoms with Gasteiger partial charge in [0.15, 0.2) is 0 Å². The van der Waals surface area contributed by atoms with E-state index in [0.717, 1.165) is 128 Å². The predicted octanol–water partition coefficient (Wildman–Crippen LogP) is 21.8. The summed E-state index contributed by atoms with van der Waals surface area (Å²) < 4.78 is 9.63. The van der Waals surface area contributed by atoms with Crippen LogP contribution >= 0.6 is 0 Å². The average molecular weight is 1200 g/mol. The average Bonchev–Trinajstić information content (AvgIpc) is 1.56. The Hall–Kier alpha value is -12.8. The van der Waals surface area contributed by atoms with Gasteiger partial charge in [-0.15, -0.1) is 0 Å². The number of nitrogens with zero attached hydrogens (tertiary/aromatic N) is 8. The molecule has 6 heterocycles. The van der Waals surface area contributed by atoms with E-state index in [0.29, 0.717) is 0 Å². The molecule has 0 aliphatic rings. The topological polar surface area (TPSA) is 71.3 Å². The number of hydrogen-bond acceptors (Lipinski definition) is 4. The molecule has 0 atom stereocenters. The molecule has 436 valence electrons. The zero-order valence-electron chi connectivity index (χ0n) is 50.6. The summed E-state index contributed by atoms with van der Waals surface area (Å²) in [5.41, 5.74) is 24.8. The summed E-state index contributed by atoms with van der Waals surface area (Å²) in [6.07, 6.45) is 1.87. The number of hydrogen-bond donors (Lipinski definition) is 0. The smallest absolute Gasteiger partial charge is 0.0973 e. The lowest BCUT2D eigenvalue weighted by atomic mass is 9.99. The second kappa shape index (κ2) is 20.4. The van der Waals surface area contributed by atoms with Gasteiger partial charge < -0.3 is 18.3 Å². The Morgan fingerprint density at radius 2 is 0.585 bits per heavy atom. The lowest BCUT2D eigenvalue weighted by molar-refractivity contribution is 1.17. The van der Waals surface area contributed by atoms with E-state index < -0.39 is 0 Å². The second-order valence-corrected chi connectivity index (χ2v) is 24.6. The van der Waals surface area contributed by atoms with Gasteiger partial charge in [0.2, 0.25) is 0 Å². The first-order valence-electron chi connectivity index (χ1n) is 31.9. The Morgan fingerprint density at radius 1 is 0.202 bits per heavy atom. The van der Waals surface area contributed by atoms with Crippen molar-refractivity contribution in [2.75, 3.05) is 0 Å². The SMILES string of the molecule is c1ccc(-n2c3ccccc3c3cc4c(cc32)c2ccccc2n4-c2ccc(-c3nc4ccc(-c5ccc(-n6c7ccccc7c7cc8c(cc76)c6ccccc6n8-c6ccc(-c7cnc8ccccc8n7)cc6)cc5)cc4nc3-c3ccc4ccccc4c3)cc2)cc1. The highest BCUT2D eigenvalue weighted by Crippen LogP contribution is 2.44. The molecule has 0 N–H and O–H groups in total. The molecule has 0 amide bonds. The quantitative estimate of drug-likeness (QED) is 0.152. The first-order valence-corrected chi connectivity index (χ1v) is 31.9. The van der Waals surface area contributed by atoms with Crippen molar-refractivity contribution in [2.45, 2.75) is 0 Å². The molecule has 0 bridgehead atoms. The highest BCUT2D eigenvalue weighted by atomic mass is 15.0. The molecule has 20 rings (SSSR count). The Labute approximate surface area is 538 Å².